The van der Waals surface area contributed by atoms with E-state index in [2.05, 4.69) is 4.98 Å². The average molecular weight is 268 g/mol. The van der Waals surface area contributed by atoms with Crippen LogP contribution in [0, 0.1) is 6.92 Å². The topological polar surface area (TPSA) is 48.1 Å². The van der Waals surface area contributed by atoms with Gasteiger partial charge in [-0.25, -0.2) is 4.98 Å². The van der Waals surface area contributed by atoms with Gasteiger partial charge in [-0.15, -0.1) is 0 Å². The van der Waals surface area contributed by atoms with E-state index in [4.69, 9.17) is 10.5 Å². The average Bonchev–Trinajstić information content (AvgIpc) is 2.33. The molecule has 2 rings (SSSR count). The Balaban J connectivity index is 2.38. The lowest BCUT2D eigenvalue weighted by molar-refractivity contribution is -0.141. The van der Waals surface area contributed by atoms with Crippen LogP contribution >= 0.6 is 0 Å². The van der Waals surface area contributed by atoms with Crippen molar-refractivity contribution in [1.29, 1.82) is 0 Å². The summed E-state index contributed by atoms with van der Waals surface area (Å²) in [7, 11) is 0. The predicted molar refractivity (Wildman–Crippen MR) is 64.9 cm³/mol. The zero-order valence-electron chi connectivity index (χ0n) is 10.0. The van der Waals surface area contributed by atoms with E-state index >= 15 is 0 Å². The second-order valence-corrected chi connectivity index (χ2v) is 3.97. The van der Waals surface area contributed by atoms with Gasteiger partial charge in [0.2, 0.25) is 0 Å². The normalized spacial score (nSPS) is 11.4. The van der Waals surface area contributed by atoms with Crippen LogP contribution < -0.4 is 10.5 Å². The summed E-state index contributed by atoms with van der Waals surface area (Å²) in [6.45, 7) is 1.79. The van der Waals surface area contributed by atoms with Gasteiger partial charge in [-0.2, -0.15) is 13.2 Å². The highest BCUT2D eigenvalue weighted by Crippen LogP contribution is 2.34. The predicted octanol–water partition coefficient (Wildman–Crippen LogP) is 3.78. The molecule has 0 saturated heterocycles. The van der Waals surface area contributed by atoms with E-state index < -0.39 is 11.9 Å². The number of hydrogen-bond donors (Lipinski definition) is 1. The molecule has 0 saturated carbocycles. The summed E-state index contributed by atoms with van der Waals surface area (Å²) in [5.74, 6) is 0.394. The number of anilines is 1. The number of nitrogen functional groups attached to an aromatic ring is 1. The summed E-state index contributed by atoms with van der Waals surface area (Å²) in [5.41, 5.74) is 5.39. The van der Waals surface area contributed by atoms with Gasteiger partial charge < -0.3 is 10.5 Å². The molecule has 0 aliphatic heterocycles. The summed E-state index contributed by atoms with van der Waals surface area (Å²) in [6.07, 6.45) is -3.59. The van der Waals surface area contributed by atoms with E-state index in [0.29, 0.717) is 5.75 Å². The van der Waals surface area contributed by atoms with E-state index in [1.54, 1.807) is 31.2 Å². The number of aromatic nitrogens is 1. The first-order valence-corrected chi connectivity index (χ1v) is 5.44. The highest BCUT2D eigenvalue weighted by Gasteiger charge is 2.33. The molecule has 0 radical (unpaired) electrons. The molecule has 0 aliphatic rings. The Hall–Kier alpha value is -2.24. The molecule has 0 atom stereocenters. The summed E-state index contributed by atoms with van der Waals surface area (Å²) in [4.78, 5) is 3.24. The molecule has 0 bridgehead atoms. The van der Waals surface area contributed by atoms with Crippen LogP contribution in [0.2, 0.25) is 0 Å². The van der Waals surface area contributed by atoms with E-state index in [1.807, 2.05) is 0 Å². The SMILES string of the molecule is Cc1ccccc1Oc1cc(C(F)(F)F)ncc1N. The van der Waals surface area contributed by atoms with E-state index in [0.717, 1.165) is 17.8 Å². The molecule has 0 unspecified atom stereocenters. The summed E-state index contributed by atoms with van der Waals surface area (Å²) >= 11 is 0. The van der Waals surface area contributed by atoms with Crippen molar-refractivity contribution in [2.24, 2.45) is 0 Å². The summed E-state index contributed by atoms with van der Waals surface area (Å²) in [6, 6.07) is 7.77. The number of ether oxygens (including phenoxy) is 1. The summed E-state index contributed by atoms with van der Waals surface area (Å²) < 4.78 is 43.1. The van der Waals surface area contributed by atoms with Crippen molar-refractivity contribution in [2.75, 3.05) is 5.73 Å². The number of rotatable bonds is 2. The van der Waals surface area contributed by atoms with Gasteiger partial charge in [0.15, 0.2) is 5.75 Å². The van der Waals surface area contributed by atoms with Crippen LogP contribution in [-0.2, 0) is 6.18 Å². The Morgan fingerprint density at radius 2 is 1.84 bits per heavy atom. The molecule has 6 heteroatoms. The molecule has 3 nitrogen and oxygen atoms in total. The fourth-order valence-corrected chi connectivity index (χ4v) is 1.48. The molecule has 1 aromatic heterocycles. The molecule has 1 heterocycles. The molecular formula is C13H11F3N2O. The van der Waals surface area contributed by atoms with Crippen LogP contribution in [0.3, 0.4) is 0 Å². The molecule has 2 N–H and O–H groups in total. The molecule has 2 aromatic rings. The van der Waals surface area contributed by atoms with E-state index in [9.17, 15) is 13.2 Å². The molecule has 19 heavy (non-hydrogen) atoms. The number of pyridine rings is 1. The Kier molecular flexibility index (Phi) is 3.33. The second-order valence-electron chi connectivity index (χ2n) is 3.97. The number of aryl methyl sites for hydroxylation is 1. The lowest BCUT2D eigenvalue weighted by Gasteiger charge is -2.12. The summed E-state index contributed by atoms with van der Waals surface area (Å²) in [5, 5.41) is 0. The first kappa shape index (κ1) is 13.2. The van der Waals surface area contributed by atoms with Gasteiger partial charge in [-0.3, -0.25) is 0 Å². The quantitative estimate of drug-likeness (QED) is 0.901. The lowest BCUT2D eigenvalue weighted by atomic mass is 10.2. The Bertz CT molecular complexity index is 597. The number of benzene rings is 1. The first-order valence-electron chi connectivity index (χ1n) is 5.44. The highest BCUT2D eigenvalue weighted by molar-refractivity contribution is 5.53. The van der Waals surface area contributed by atoms with E-state index in [1.165, 1.54) is 0 Å². The molecule has 0 fully saturated rings. The fourth-order valence-electron chi connectivity index (χ4n) is 1.48. The van der Waals surface area contributed by atoms with Crippen molar-refractivity contribution in [2.45, 2.75) is 13.1 Å². The largest absolute Gasteiger partial charge is 0.455 e. The van der Waals surface area contributed by atoms with Gasteiger partial charge in [0, 0.05) is 6.07 Å². The zero-order valence-corrected chi connectivity index (χ0v) is 10.0. The molecule has 0 amide bonds. The Morgan fingerprint density at radius 3 is 2.47 bits per heavy atom. The maximum Gasteiger partial charge on any atom is 0.433 e. The molecule has 0 aliphatic carbocycles. The van der Waals surface area contributed by atoms with Crippen LogP contribution in [0.25, 0.3) is 0 Å². The molecule has 1 aromatic carbocycles. The van der Waals surface area contributed by atoms with Crippen molar-refractivity contribution in [3.8, 4) is 11.5 Å². The monoisotopic (exact) mass is 268 g/mol. The third-order valence-corrected chi connectivity index (χ3v) is 2.50. The lowest BCUT2D eigenvalue weighted by Crippen LogP contribution is -2.08. The third kappa shape index (κ3) is 2.96. The minimum atomic E-state index is -4.53. The van der Waals surface area contributed by atoms with Gasteiger partial charge in [0.1, 0.15) is 11.4 Å². The van der Waals surface area contributed by atoms with Crippen LogP contribution in [0.1, 0.15) is 11.3 Å². The highest BCUT2D eigenvalue weighted by atomic mass is 19.4. The Labute approximate surface area is 107 Å². The fraction of sp³-hybridized carbons (Fsp3) is 0.154. The third-order valence-electron chi connectivity index (χ3n) is 2.50. The van der Waals surface area contributed by atoms with Gasteiger partial charge in [0.05, 0.1) is 11.9 Å². The molecule has 0 spiro atoms. The maximum atomic E-state index is 12.6. The number of para-hydroxylation sites is 1. The van der Waals surface area contributed by atoms with Crippen molar-refractivity contribution >= 4 is 5.69 Å². The van der Waals surface area contributed by atoms with Gasteiger partial charge in [-0.05, 0) is 18.6 Å². The maximum absolute atomic E-state index is 12.6. The van der Waals surface area contributed by atoms with Crippen LogP contribution in [0.4, 0.5) is 18.9 Å². The number of nitrogens with two attached hydrogens (primary N) is 1. The number of nitrogens with zero attached hydrogens (tertiary/aromatic N) is 1. The zero-order chi connectivity index (χ0) is 14.0. The standard InChI is InChI=1S/C13H11F3N2O/c1-8-4-2-3-5-10(8)19-11-6-12(13(14,15)16)18-7-9(11)17/h2-7H,17H2,1H3. The minimum absolute atomic E-state index is 0.0521. The van der Waals surface area contributed by atoms with Crippen molar-refractivity contribution < 1.29 is 17.9 Å². The number of hydrogen-bond acceptors (Lipinski definition) is 3. The smallest absolute Gasteiger partial charge is 0.433 e. The molecular weight excluding hydrogens is 257 g/mol. The number of alkyl halides is 3. The molecule has 100 valence electrons. The first-order chi connectivity index (χ1) is 8.88. The van der Waals surface area contributed by atoms with Crippen molar-refractivity contribution in [3.05, 3.63) is 47.8 Å². The van der Waals surface area contributed by atoms with Gasteiger partial charge in [-0.1, -0.05) is 18.2 Å². The minimum Gasteiger partial charge on any atom is -0.455 e. The Morgan fingerprint density at radius 1 is 1.16 bits per heavy atom. The van der Waals surface area contributed by atoms with E-state index in [-0.39, 0.29) is 11.4 Å². The van der Waals surface area contributed by atoms with Crippen LogP contribution in [-0.4, -0.2) is 4.98 Å². The second kappa shape index (κ2) is 4.79. The van der Waals surface area contributed by atoms with Crippen LogP contribution in [0.5, 0.6) is 11.5 Å². The van der Waals surface area contributed by atoms with Crippen molar-refractivity contribution in [3.63, 3.8) is 0 Å². The van der Waals surface area contributed by atoms with Crippen LogP contribution in [0.15, 0.2) is 36.5 Å². The van der Waals surface area contributed by atoms with Gasteiger partial charge in [0.25, 0.3) is 0 Å². The van der Waals surface area contributed by atoms with Gasteiger partial charge >= 0.3 is 6.18 Å². The number of halogens is 3. The van der Waals surface area contributed by atoms with Crippen molar-refractivity contribution in [1.82, 2.24) is 4.98 Å².